The number of nitrogens with one attached hydrogen (secondary N) is 1. The van der Waals surface area contributed by atoms with E-state index >= 15 is 0 Å². The smallest absolute Gasteiger partial charge is 0.0943 e. The van der Waals surface area contributed by atoms with Gasteiger partial charge in [0, 0.05) is 23.5 Å². The second-order valence-electron chi connectivity index (χ2n) is 4.47. The maximum Gasteiger partial charge on any atom is 0.0943 e. The molecule has 0 aromatic carbocycles. The van der Waals surface area contributed by atoms with Gasteiger partial charge in [-0.15, -0.1) is 11.3 Å². The fourth-order valence-corrected chi connectivity index (χ4v) is 3.17. The average Bonchev–Trinajstić information content (AvgIpc) is 2.64. The molecule has 0 aliphatic carbocycles. The highest BCUT2D eigenvalue weighted by Crippen LogP contribution is 2.27. The van der Waals surface area contributed by atoms with E-state index in [9.17, 15) is 0 Å². The highest BCUT2D eigenvalue weighted by Gasteiger charge is 2.29. The molecule has 1 fully saturated rings. The Kier molecular flexibility index (Phi) is 3.76. The Morgan fingerprint density at radius 1 is 1.47 bits per heavy atom. The number of hydrogen-bond acceptors (Lipinski definition) is 3. The monoisotopic (exact) mass is 224 g/mol. The van der Waals surface area contributed by atoms with Crippen molar-refractivity contribution >= 4 is 11.3 Å². The van der Waals surface area contributed by atoms with E-state index in [-0.39, 0.29) is 0 Å². The summed E-state index contributed by atoms with van der Waals surface area (Å²) in [6, 6.07) is 0. The Morgan fingerprint density at radius 3 is 3.13 bits per heavy atom. The van der Waals surface area contributed by atoms with E-state index in [0.29, 0.717) is 5.54 Å². The average molecular weight is 224 g/mol. The third kappa shape index (κ3) is 2.79. The van der Waals surface area contributed by atoms with Gasteiger partial charge in [-0.05, 0) is 25.8 Å². The van der Waals surface area contributed by atoms with E-state index in [1.54, 1.807) is 11.3 Å². The van der Waals surface area contributed by atoms with E-state index in [1.165, 1.54) is 43.7 Å². The first-order valence-corrected chi connectivity index (χ1v) is 6.86. The van der Waals surface area contributed by atoms with Crippen LogP contribution in [0.4, 0.5) is 0 Å². The molecule has 0 saturated carbocycles. The topological polar surface area (TPSA) is 24.9 Å². The van der Waals surface area contributed by atoms with Crippen molar-refractivity contribution in [3.63, 3.8) is 0 Å². The molecule has 3 heteroatoms. The summed E-state index contributed by atoms with van der Waals surface area (Å²) < 4.78 is 0. The molecule has 1 aromatic rings. The number of hydrogen-bond donors (Lipinski definition) is 1. The van der Waals surface area contributed by atoms with E-state index < -0.39 is 0 Å². The highest BCUT2D eigenvalue weighted by molar-refractivity contribution is 7.09. The lowest BCUT2D eigenvalue weighted by atomic mass is 9.87. The molecule has 84 valence electrons. The van der Waals surface area contributed by atoms with Crippen LogP contribution in [0.5, 0.6) is 0 Å². The Balaban J connectivity index is 2.05. The molecule has 1 unspecified atom stereocenters. The minimum Gasteiger partial charge on any atom is -0.311 e. The molecular formula is C12H20N2S. The van der Waals surface area contributed by atoms with Crippen LogP contribution in [0.1, 0.15) is 44.0 Å². The van der Waals surface area contributed by atoms with Gasteiger partial charge in [0.1, 0.15) is 0 Å². The number of aromatic nitrogens is 1. The quantitative estimate of drug-likeness (QED) is 0.853. The van der Waals surface area contributed by atoms with Crippen LogP contribution >= 0.6 is 11.3 Å². The number of rotatable bonds is 3. The summed E-state index contributed by atoms with van der Waals surface area (Å²) in [5.74, 6) is 0. The van der Waals surface area contributed by atoms with Gasteiger partial charge >= 0.3 is 0 Å². The van der Waals surface area contributed by atoms with Crippen LogP contribution in [-0.4, -0.2) is 17.1 Å². The Bertz CT molecular complexity index is 274. The lowest BCUT2D eigenvalue weighted by Gasteiger charge is -2.32. The zero-order chi connectivity index (χ0) is 10.6. The first kappa shape index (κ1) is 11.1. The summed E-state index contributed by atoms with van der Waals surface area (Å²) in [6.07, 6.45) is 9.63. The van der Waals surface area contributed by atoms with Gasteiger partial charge in [0.25, 0.3) is 0 Å². The summed E-state index contributed by atoms with van der Waals surface area (Å²) in [7, 11) is 0. The summed E-state index contributed by atoms with van der Waals surface area (Å²) in [4.78, 5) is 4.41. The zero-order valence-electron chi connectivity index (χ0n) is 9.46. The van der Waals surface area contributed by atoms with E-state index in [0.717, 1.165) is 6.42 Å². The van der Waals surface area contributed by atoms with Crippen molar-refractivity contribution in [1.29, 1.82) is 0 Å². The zero-order valence-corrected chi connectivity index (χ0v) is 10.3. The molecule has 1 aliphatic rings. The molecule has 1 N–H and O–H groups in total. The maximum absolute atomic E-state index is 4.41. The first-order chi connectivity index (χ1) is 7.35. The van der Waals surface area contributed by atoms with Gasteiger partial charge in [0.2, 0.25) is 0 Å². The van der Waals surface area contributed by atoms with Crippen molar-refractivity contribution in [3.05, 3.63) is 16.6 Å². The predicted octanol–water partition coefficient (Wildman–Crippen LogP) is 3.00. The molecule has 0 bridgehead atoms. The molecule has 1 aromatic heterocycles. The lowest BCUT2D eigenvalue weighted by Crippen LogP contribution is -2.46. The molecular weight excluding hydrogens is 204 g/mol. The Labute approximate surface area is 96.1 Å². The summed E-state index contributed by atoms with van der Waals surface area (Å²) in [5, 5.41) is 7.11. The Morgan fingerprint density at radius 2 is 2.40 bits per heavy atom. The second kappa shape index (κ2) is 5.08. The predicted molar refractivity (Wildman–Crippen MR) is 65.3 cm³/mol. The van der Waals surface area contributed by atoms with Crippen molar-refractivity contribution < 1.29 is 0 Å². The van der Waals surface area contributed by atoms with Gasteiger partial charge in [-0.25, -0.2) is 4.98 Å². The van der Waals surface area contributed by atoms with Gasteiger partial charge in [0.05, 0.1) is 5.01 Å². The van der Waals surface area contributed by atoms with Crippen molar-refractivity contribution in [3.8, 4) is 0 Å². The van der Waals surface area contributed by atoms with Crippen LogP contribution in [0.3, 0.4) is 0 Å². The van der Waals surface area contributed by atoms with Crippen LogP contribution in [0.2, 0.25) is 0 Å². The molecule has 2 rings (SSSR count). The molecule has 1 saturated heterocycles. The van der Waals surface area contributed by atoms with E-state index in [2.05, 4.69) is 22.6 Å². The molecule has 0 radical (unpaired) electrons. The molecule has 0 spiro atoms. The minimum absolute atomic E-state index is 0.328. The maximum atomic E-state index is 4.41. The normalized spacial score (nSPS) is 27.5. The summed E-state index contributed by atoms with van der Waals surface area (Å²) >= 11 is 1.79. The van der Waals surface area contributed by atoms with Crippen LogP contribution in [-0.2, 0) is 6.42 Å². The van der Waals surface area contributed by atoms with Gasteiger partial charge in [-0.2, -0.15) is 0 Å². The first-order valence-electron chi connectivity index (χ1n) is 5.98. The van der Waals surface area contributed by atoms with E-state index in [1.807, 2.05) is 6.20 Å². The van der Waals surface area contributed by atoms with Crippen molar-refractivity contribution in [2.24, 2.45) is 0 Å². The molecule has 1 aliphatic heterocycles. The molecule has 1 atom stereocenters. The fraction of sp³-hybridized carbons (Fsp3) is 0.750. The SMILES string of the molecule is CCC1(Cc2nccs2)CCCCCN1. The highest BCUT2D eigenvalue weighted by atomic mass is 32.1. The largest absolute Gasteiger partial charge is 0.311 e. The third-order valence-corrected chi connectivity index (χ3v) is 4.26. The van der Waals surface area contributed by atoms with Gasteiger partial charge in [0.15, 0.2) is 0 Å². The molecule has 2 heterocycles. The molecule has 2 nitrogen and oxygen atoms in total. The van der Waals surface area contributed by atoms with Gasteiger partial charge < -0.3 is 5.32 Å². The molecule has 0 amide bonds. The number of thiazole rings is 1. The lowest BCUT2D eigenvalue weighted by molar-refractivity contribution is 0.302. The summed E-state index contributed by atoms with van der Waals surface area (Å²) in [6.45, 7) is 3.48. The second-order valence-corrected chi connectivity index (χ2v) is 5.45. The van der Waals surface area contributed by atoms with Crippen LogP contribution in [0.15, 0.2) is 11.6 Å². The van der Waals surface area contributed by atoms with Crippen molar-refractivity contribution in [1.82, 2.24) is 10.3 Å². The fourth-order valence-electron chi connectivity index (χ4n) is 2.41. The molecule has 15 heavy (non-hydrogen) atoms. The van der Waals surface area contributed by atoms with Gasteiger partial charge in [-0.1, -0.05) is 19.8 Å². The minimum atomic E-state index is 0.328. The van der Waals surface area contributed by atoms with Gasteiger partial charge in [-0.3, -0.25) is 0 Å². The van der Waals surface area contributed by atoms with Crippen LogP contribution < -0.4 is 5.32 Å². The van der Waals surface area contributed by atoms with E-state index in [4.69, 9.17) is 0 Å². The Hall–Kier alpha value is -0.410. The third-order valence-electron chi connectivity index (χ3n) is 3.48. The van der Waals surface area contributed by atoms with Crippen LogP contribution in [0, 0.1) is 0 Å². The van der Waals surface area contributed by atoms with Crippen LogP contribution in [0.25, 0.3) is 0 Å². The summed E-state index contributed by atoms with van der Waals surface area (Å²) in [5.41, 5.74) is 0.328. The van der Waals surface area contributed by atoms with Crippen molar-refractivity contribution in [2.75, 3.05) is 6.54 Å². The standard InChI is InChI=1S/C12H20N2S/c1-2-12(6-4-3-5-7-14-12)10-11-13-8-9-15-11/h8-9,14H,2-7,10H2,1H3. The van der Waals surface area contributed by atoms with Crippen molar-refractivity contribution in [2.45, 2.75) is 51.0 Å². The number of nitrogens with zero attached hydrogens (tertiary/aromatic N) is 1.